The molecule has 0 aromatic heterocycles. The van der Waals surface area contributed by atoms with E-state index < -0.39 is 23.9 Å². The van der Waals surface area contributed by atoms with E-state index in [1.54, 1.807) is 42.5 Å². The summed E-state index contributed by atoms with van der Waals surface area (Å²) >= 11 is 0. The predicted molar refractivity (Wildman–Crippen MR) is 131 cm³/mol. The summed E-state index contributed by atoms with van der Waals surface area (Å²) in [5.74, 6) is -1.35. The van der Waals surface area contributed by atoms with Crippen LogP contribution in [0.25, 0.3) is 6.08 Å². The lowest BCUT2D eigenvalue weighted by molar-refractivity contribution is -0.128. The lowest BCUT2D eigenvalue weighted by Gasteiger charge is -2.35. The molecular weight excluding hydrogens is 458 g/mol. The number of fused-ring (bicyclic) bond motifs is 6. The highest BCUT2D eigenvalue weighted by Gasteiger charge is 2.64. The van der Waals surface area contributed by atoms with Gasteiger partial charge in [0.15, 0.2) is 11.5 Å². The average Bonchev–Trinajstić information content (AvgIpc) is 3.57. The van der Waals surface area contributed by atoms with Crippen molar-refractivity contribution in [2.75, 3.05) is 17.0 Å². The third kappa shape index (κ3) is 2.90. The summed E-state index contributed by atoms with van der Waals surface area (Å²) in [6, 6.07) is 20.6. The molecule has 0 bridgehead atoms. The normalized spacial score (nSPS) is 25.0. The zero-order valence-corrected chi connectivity index (χ0v) is 19.0. The molecule has 0 radical (unpaired) electrons. The van der Waals surface area contributed by atoms with Gasteiger partial charge in [-0.15, -0.1) is 0 Å². The van der Waals surface area contributed by atoms with Crippen LogP contribution in [0.1, 0.15) is 17.2 Å². The quantitative estimate of drug-likeness (QED) is 0.578. The molecule has 36 heavy (non-hydrogen) atoms. The summed E-state index contributed by atoms with van der Waals surface area (Å²) in [6.45, 7) is 0.130. The molecule has 3 aromatic rings. The van der Waals surface area contributed by atoms with Gasteiger partial charge in [-0.05, 0) is 41.5 Å². The van der Waals surface area contributed by atoms with Crippen LogP contribution in [-0.4, -0.2) is 35.5 Å². The number of hydrogen-bond donors (Lipinski definition) is 1. The second-order valence-corrected chi connectivity index (χ2v) is 9.24. The molecule has 3 amide bonds. The van der Waals surface area contributed by atoms with Crippen molar-refractivity contribution in [1.82, 2.24) is 4.90 Å². The van der Waals surface area contributed by atoms with Crippen molar-refractivity contribution in [3.05, 3.63) is 90.1 Å². The van der Waals surface area contributed by atoms with Gasteiger partial charge in [0.25, 0.3) is 0 Å². The molecule has 1 unspecified atom stereocenters. The number of rotatable bonds is 3. The Kier molecular flexibility index (Phi) is 4.44. The van der Waals surface area contributed by atoms with Gasteiger partial charge in [0.2, 0.25) is 24.5 Å². The van der Waals surface area contributed by atoms with E-state index in [2.05, 4.69) is 5.32 Å². The molecule has 4 atom stereocenters. The molecule has 3 aromatic carbocycles. The molecule has 1 N–H and O–H groups in total. The molecule has 7 rings (SSSR count). The van der Waals surface area contributed by atoms with Crippen LogP contribution in [0.2, 0.25) is 0 Å². The molecule has 2 fully saturated rings. The molecule has 4 aliphatic heterocycles. The fraction of sp³-hybridized carbons (Fsp3) is 0.179. The second kappa shape index (κ2) is 7.71. The minimum atomic E-state index is -0.861. The molecule has 4 heterocycles. The first kappa shape index (κ1) is 20.8. The number of ether oxygens (including phenoxy) is 2. The van der Waals surface area contributed by atoms with Crippen LogP contribution < -0.4 is 19.7 Å². The largest absolute Gasteiger partial charge is 0.454 e. The summed E-state index contributed by atoms with van der Waals surface area (Å²) < 4.78 is 10.8. The number of nitrogens with zero attached hydrogens (tertiary/aromatic N) is 2. The predicted octanol–water partition coefficient (Wildman–Crippen LogP) is 3.57. The van der Waals surface area contributed by atoms with Crippen LogP contribution in [-0.2, 0) is 14.4 Å². The van der Waals surface area contributed by atoms with Crippen LogP contribution in [0.4, 0.5) is 11.4 Å². The fourth-order valence-corrected chi connectivity index (χ4v) is 5.88. The van der Waals surface area contributed by atoms with Gasteiger partial charge < -0.3 is 19.7 Å². The van der Waals surface area contributed by atoms with Crippen molar-refractivity contribution < 1.29 is 23.9 Å². The minimum absolute atomic E-state index is 0.130. The second-order valence-electron chi connectivity index (χ2n) is 9.24. The highest BCUT2D eigenvalue weighted by molar-refractivity contribution is 6.24. The Hall–Kier alpha value is -4.59. The van der Waals surface area contributed by atoms with E-state index in [0.29, 0.717) is 22.9 Å². The van der Waals surface area contributed by atoms with E-state index in [1.807, 2.05) is 47.5 Å². The minimum Gasteiger partial charge on any atom is -0.454 e. The Balaban J connectivity index is 1.30. The molecule has 8 nitrogen and oxygen atoms in total. The Morgan fingerprint density at radius 2 is 1.61 bits per heavy atom. The highest BCUT2D eigenvalue weighted by atomic mass is 16.7. The number of imide groups is 1. The third-order valence-electron chi connectivity index (χ3n) is 7.38. The van der Waals surface area contributed by atoms with E-state index in [0.717, 1.165) is 11.1 Å². The number of hydrogen-bond acceptors (Lipinski definition) is 6. The van der Waals surface area contributed by atoms with Crippen molar-refractivity contribution in [1.29, 1.82) is 0 Å². The van der Waals surface area contributed by atoms with E-state index >= 15 is 0 Å². The van der Waals surface area contributed by atoms with E-state index in [-0.39, 0.29) is 24.5 Å². The van der Waals surface area contributed by atoms with Crippen LogP contribution >= 0.6 is 0 Å². The smallest absolute Gasteiger partial charge is 0.247 e. The van der Waals surface area contributed by atoms with E-state index in [1.165, 1.54) is 4.90 Å². The summed E-state index contributed by atoms with van der Waals surface area (Å²) in [5.41, 5.74) is 2.96. The summed E-state index contributed by atoms with van der Waals surface area (Å²) in [5, 5.41) is 2.94. The van der Waals surface area contributed by atoms with Crippen LogP contribution in [0.15, 0.2) is 79.0 Å². The van der Waals surface area contributed by atoms with E-state index in [4.69, 9.17) is 9.47 Å². The maximum atomic E-state index is 13.8. The Bertz CT molecular complexity index is 1450. The molecule has 8 heteroatoms. The van der Waals surface area contributed by atoms with Gasteiger partial charge in [-0.1, -0.05) is 42.5 Å². The number of para-hydroxylation sites is 1. The lowest BCUT2D eigenvalue weighted by Crippen LogP contribution is -2.46. The molecule has 178 valence electrons. The maximum absolute atomic E-state index is 13.8. The topological polar surface area (TPSA) is 88.2 Å². The monoisotopic (exact) mass is 479 g/mol. The Labute approximate surface area is 206 Å². The Morgan fingerprint density at radius 3 is 2.47 bits per heavy atom. The number of carbonyl (C=O) groups is 3. The highest BCUT2D eigenvalue weighted by Crippen LogP contribution is 2.53. The number of nitrogens with one attached hydrogen (secondary N) is 1. The zero-order chi connectivity index (χ0) is 24.4. The number of amides is 3. The average molecular weight is 479 g/mol. The van der Waals surface area contributed by atoms with Crippen LogP contribution in [0.5, 0.6) is 11.5 Å². The van der Waals surface area contributed by atoms with Crippen molar-refractivity contribution in [3.63, 3.8) is 0 Å². The van der Waals surface area contributed by atoms with Crippen molar-refractivity contribution in [3.8, 4) is 11.5 Å². The van der Waals surface area contributed by atoms with Gasteiger partial charge in [-0.3, -0.25) is 14.4 Å². The number of benzene rings is 3. The Morgan fingerprint density at radius 1 is 0.861 bits per heavy atom. The molecule has 0 saturated carbocycles. The summed E-state index contributed by atoms with van der Waals surface area (Å²) in [7, 11) is 0. The van der Waals surface area contributed by atoms with Crippen LogP contribution in [0.3, 0.4) is 0 Å². The standard InChI is InChI=1S/C28H21N3O5/c32-26(29-17-10-11-20-21(14-17)36-15-35-20)25-23-22(24-19-9-5-4-6-16(19)12-13-30(24)25)27(33)31(28(23)34)18-7-2-1-3-8-18/h1-14,22-25H,15H2,(H,29,32)/t22-,23+,24+,25?/m0/s1. The van der Waals surface area contributed by atoms with Gasteiger partial charge in [0.1, 0.15) is 6.04 Å². The van der Waals surface area contributed by atoms with E-state index in [9.17, 15) is 14.4 Å². The molecule has 2 saturated heterocycles. The zero-order valence-electron chi connectivity index (χ0n) is 19.0. The maximum Gasteiger partial charge on any atom is 0.247 e. The van der Waals surface area contributed by atoms with Gasteiger partial charge in [0.05, 0.1) is 23.6 Å². The summed E-state index contributed by atoms with van der Waals surface area (Å²) in [4.78, 5) is 44.5. The molecule has 0 aliphatic carbocycles. The van der Waals surface area contributed by atoms with Crippen molar-refractivity contribution in [2.24, 2.45) is 11.8 Å². The van der Waals surface area contributed by atoms with Gasteiger partial charge in [0, 0.05) is 18.0 Å². The first-order chi connectivity index (χ1) is 17.6. The first-order valence-corrected chi connectivity index (χ1v) is 11.8. The number of carbonyl (C=O) groups excluding carboxylic acids is 3. The fourth-order valence-electron chi connectivity index (χ4n) is 5.88. The van der Waals surface area contributed by atoms with Gasteiger partial charge in [-0.2, -0.15) is 0 Å². The SMILES string of the molecule is O=C(Nc1ccc2c(c1)OCO2)C1[C@@H]2C(=O)N(c3ccccc3)C(=O)[C@@H]2[C@H]2c3ccccc3C=CN12. The molecule has 0 spiro atoms. The first-order valence-electron chi connectivity index (χ1n) is 11.8. The van der Waals surface area contributed by atoms with Crippen molar-refractivity contribution in [2.45, 2.75) is 12.1 Å². The third-order valence-corrected chi connectivity index (χ3v) is 7.38. The van der Waals surface area contributed by atoms with Crippen LogP contribution in [0, 0.1) is 11.8 Å². The lowest BCUT2D eigenvalue weighted by atomic mass is 9.84. The molecule has 4 aliphatic rings. The molecular formula is C28H21N3O5. The van der Waals surface area contributed by atoms with Crippen molar-refractivity contribution >= 4 is 35.2 Å². The van der Waals surface area contributed by atoms with Gasteiger partial charge in [-0.25, -0.2) is 4.90 Å². The number of anilines is 2. The van der Waals surface area contributed by atoms with Gasteiger partial charge >= 0.3 is 0 Å². The summed E-state index contributed by atoms with van der Waals surface area (Å²) in [6.07, 6.45) is 3.76.